The number of rotatable bonds is 9. The molecule has 1 atom stereocenters. The minimum Gasteiger partial charge on any atom is -0.469 e. The number of carbonyl (C=O) groups excluding carboxylic acids is 2. The van der Waals surface area contributed by atoms with Crippen LogP contribution in [0.15, 0.2) is 71.1 Å². The molecule has 148 valence electrons. The Kier molecular flexibility index (Phi) is 8.82. The van der Waals surface area contributed by atoms with Gasteiger partial charge in [-0.15, -0.1) is 11.8 Å². The van der Waals surface area contributed by atoms with Crippen molar-refractivity contribution in [3.8, 4) is 0 Å². The zero-order valence-electron chi connectivity index (χ0n) is 16.6. The first-order chi connectivity index (χ1) is 13.5. The minimum atomic E-state index is -0.422. The van der Waals surface area contributed by atoms with E-state index in [0.29, 0.717) is 0 Å². The van der Waals surface area contributed by atoms with Gasteiger partial charge in [-0.1, -0.05) is 48.0 Å². The van der Waals surface area contributed by atoms with Crippen molar-refractivity contribution in [3.05, 3.63) is 77.4 Å². The largest absolute Gasteiger partial charge is 0.469 e. The molecular formula is C23H27NO3S. The first-order valence-corrected chi connectivity index (χ1v) is 10.5. The van der Waals surface area contributed by atoms with Crippen molar-refractivity contribution in [2.45, 2.75) is 37.1 Å². The summed E-state index contributed by atoms with van der Waals surface area (Å²) < 4.78 is 4.79. The topological polar surface area (TPSA) is 55.4 Å². The van der Waals surface area contributed by atoms with Crippen LogP contribution in [0.1, 0.15) is 36.9 Å². The third-order valence-corrected chi connectivity index (χ3v) is 5.21. The highest BCUT2D eigenvalue weighted by Gasteiger charge is 2.18. The number of nitrogens with one attached hydrogen (secondary N) is 1. The van der Waals surface area contributed by atoms with Crippen molar-refractivity contribution < 1.29 is 14.3 Å². The molecule has 0 heterocycles. The van der Waals surface area contributed by atoms with E-state index in [1.165, 1.54) is 12.7 Å². The smallest absolute Gasteiger partial charge is 0.307 e. The fraction of sp³-hybridized carbons (Fsp3) is 0.304. The van der Waals surface area contributed by atoms with E-state index >= 15 is 0 Å². The third-order valence-electron chi connectivity index (χ3n) is 4.46. The quantitative estimate of drug-likeness (QED) is 0.378. The van der Waals surface area contributed by atoms with Gasteiger partial charge in [0.05, 0.1) is 19.6 Å². The van der Waals surface area contributed by atoms with E-state index in [2.05, 4.69) is 17.4 Å². The molecule has 2 rings (SSSR count). The zero-order valence-corrected chi connectivity index (χ0v) is 17.4. The number of benzene rings is 2. The van der Waals surface area contributed by atoms with Gasteiger partial charge in [-0.3, -0.25) is 9.59 Å². The Balaban J connectivity index is 2.02. The summed E-state index contributed by atoms with van der Waals surface area (Å²) >= 11 is 1.65. The van der Waals surface area contributed by atoms with E-state index in [-0.39, 0.29) is 18.3 Å². The Morgan fingerprint density at radius 1 is 1.11 bits per heavy atom. The molecule has 1 unspecified atom stereocenters. The number of hydrogen-bond acceptors (Lipinski definition) is 4. The molecule has 2 aromatic rings. The van der Waals surface area contributed by atoms with Crippen LogP contribution in [0.5, 0.6) is 0 Å². The predicted molar refractivity (Wildman–Crippen MR) is 114 cm³/mol. The van der Waals surface area contributed by atoms with Crippen LogP contribution >= 0.6 is 11.8 Å². The van der Waals surface area contributed by atoms with Gasteiger partial charge in [0, 0.05) is 11.0 Å². The van der Waals surface area contributed by atoms with Crippen LogP contribution in [0, 0.1) is 0 Å². The summed E-state index contributed by atoms with van der Waals surface area (Å²) in [5, 5.41) is 2.94. The molecule has 2 aromatic carbocycles. The first kappa shape index (κ1) is 21.8. The molecular weight excluding hydrogens is 370 g/mol. The van der Waals surface area contributed by atoms with Crippen molar-refractivity contribution in [2.24, 2.45) is 0 Å². The monoisotopic (exact) mass is 397 g/mol. The Labute approximate surface area is 171 Å². The number of allylic oxidation sites excluding steroid dienone is 1. The van der Waals surface area contributed by atoms with Crippen molar-refractivity contribution >= 4 is 23.6 Å². The molecule has 0 aromatic heterocycles. The van der Waals surface area contributed by atoms with Gasteiger partial charge in [0.2, 0.25) is 5.91 Å². The first-order valence-electron chi connectivity index (χ1n) is 9.24. The summed E-state index contributed by atoms with van der Waals surface area (Å²) in [5.41, 5.74) is 3.12. The number of amides is 1. The lowest BCUT2D eigenvalue weighted by Crippen LogP contribution is -2.29. The van der Waals surface area contributed by atoms with E-state index in [9.17, 15) is 9.59 Å². The van der Waals surface area contributed by atoms with E-state index in [0.717, 1.165) is 28.9 Å². The van der Waals surface area contributed by atoms with Gasteiger partial charge in [-0.2, -0.15) is 0 Å². The van der Waals surface area contributed by atoms with Gasteiger partial charge in [0.1, 0.15) is 0 Å². The highest BCUT2D eigenvalue weighted by molar-refractivity contribution is 7.98. The summed E-state index contributed by atoms with van der Waals surface area (Å²) in [5.74, 6) is -0.558. The van der Waals surface area contributed by atoms with Crippen LogP contribution in [0.2, 0.25) is 0 Å². The number of ether oxygens (including phenoxy) is 1. The normalized spacial score (nSPS) is 12.3. The fourth-order valence-corrected chi connectivity index (χ4v) is 3.24. The summed E-state index contributed by atoms with van der Waals surface area (Å²) in [6.07, 6.45) is 5.41. The maximum Gasteiger partial charge on any atom is 0.307 e. The van der Waals surface area contributed by atoms with Crippen molar-refractivity contribution in [1.29, 1.82) is 0 Å². The van der Waals surface area contributed by atoms with Gasteiger partial charge >= 0.3 is 5.97 Å². The number of aryl methyl sites for hydroxylation is 1. The van der Waals surface area contributed by atoms with Gasteiger partial charge in [-0.05, 0) is 49.3 Å². The molecule has 5 heteroatoms. The minimum absolute atomic E-state index is 0.0950. The second-order valence-corrected chi connectivity index (χ2v) is 7.47. The molecule has 0 spiro atoms. The Morgan fingerprint density at radius 2 is 1.79 bits per heavy atom. The Morgan fingerprint density at radius 3 is 2.39 bits per heavy atom. The maximum absolute atomic E-state index is 12.5. The average molecular weight is 398 g/mol. The van der Waals surface area contributed by atoms with Crippen LogP contribution in [0.3, 0.4) is 0 Å². The van der Waals surface area contributed by atoms with Crippen LogP contribution in [0.4, 0.5) is 0 Å². The second kappa shape index (κ2) is 11.3. The lowest BCUT2D eigenvalue weighted by Gasteiger charge is -2.18. The van der Waals surface area contributed by atoms with E-state index in [1.54, 1.807) is 17.8 Å². The molecule has 28 heavy (non-hydrogen) atoms. The molecule has 4 nitrogen and oxygen atoms in total. The third kappa shape index (κ3) is 7.24. The van der Waals surface area contributed by atoms with Crippen LogP contribution in [-0.4, -0.2) is 25.2 Å². The Hall–Kier alpha value is -2.53. The lowest BCUT2D eigenvalue weighted by atomic mass is 10.0. The predicted octanol–water partition coefficient (Wildman–Crippen LogP) is 4.71. The molecule has 0 radical (unpaired) electrons. The van der Waals surface area contributed by atoms with Crippen LogP contribution < -0.4 is 5.32 Å². The molecule has 0 aliphatic heterocycles. The van der Waals surface area contributed by atoms with Crippen molar-refractivity contribution in [2.75, 3.05) is 13.4 Å². The van der Waals surface area contributed by atoms with Crippen molar-refractivity contribution in [1.82, 2.24) is 5.32 Å². The van der Waals surface area contributed by atoms with Crippen molar-refractivity contribution in [3.63, 3.8) is 0 Å². The summed E-state index contributed by atoms with van der Waals surface area (Å²) in [6, 6.07) is 17.6. The molecule has 1 amide bonds. The second-order valence-electron chi connectivity index (χ2n) is 6.59. The van der Waals surface area contributed by atoms with E-state index < -0.39 is 6.04 Å². The highest BCUT2D eigenvalue weighted by atomic mass is 32.2. The van der Waals surface area contributed by atoms with Crippen LogP contribution in [-0.2, 0) is 20.7 Å². The molecule has 0 fully saturated rings. The molecule has 1 N–H and O–H groups in total. The highest BCUT2D eigenvalue weighted by Crippen LogP contribution is 2.22. The number of methoxy groups -OCH3 is 1. The van der Waals surface area contributed by atoms with Gasteiger partial charge in [-0.25, -0.2) is 0 Å². The standard InChI is InChI=1S/C23H27NO3S/c1-17(9-10-18-7-5-4-6-8-18)15-22(25)24-21(16-23(26)27-2)19-11-13-20(28-3)14-12-19/h4-8,11-15,21H,9-10,16H2,1-3H3,(H,24,25)/b17-15-. The lowest BCUT2D eigenvalue weighted by molar-refractivity contribution is -0.141. The molecule has 0 saturated carbocycles. The summed E-state index contributed by atoms with van der Waals surface area (Å²) in [4.78, 5) is 25.4. The molecule has 0 saturated heterocycles. The van der Waals surface area contributed by atoms with Gasteiger partial charge in [0.25, 0.3) is 0 Å². The van der Waals surface area contributed by atoms with Gasteiger partial charge in [0.15, 0.2) is 0 Å². The SMILES string of the molecule is COC(=O)CC(NC(=O)/C=C(/C)CCc1ccccc1)c1ccc(SC)cc1. The average Bonchev–Trinajstić information content (AvgIpc) is 2.72. The van der Waals surface area contributed by atoms with E-state index in [1.807, 2.05) is 55.6 Å². The number of esters is 1. The fourth-order valence-electron chi connectivity index (χ4n) is 2.83. The molecule has 0 aliphatic carbocycles. The Bertz CT molecular complexity index is 800. The maximum atomic E-state index is 12.5. The van der Waals surface area contributed by atoms with Crippen LogP contribution in [0.25, 0.3) is 0 Å². The number of carbonyl (C=O) groups is 2. The van der Waals surface area contributed by atoms with E-state index in [4.69, 9.17) is 4.74 Å². The number of hydrogen-bond donors (Lipinski definition) is 1. The summed E-state index contributed by atoms with van der Waals surface area (Å²) in [6.45, 7) is 1.95. The number of thioether (sulfide) groups is 1. The molecule has 0 aliphatic rings. The summed E-state index contributed by atoms with van der Waals surface area (Å²) in [7, 11) is 1.35. The molecule has 0 bridgehead atoms. The van der Waals surface area contributed by atoms with Gasteiger partial charge < -0.3 is 10.1 Å². The zero-order chi connectivity index (χ0) is 20.4.